The van der Waals surface area contributed by atoms with E-state index in [-0.39, 0.29) is 41.0 Å². The van der Waals surface area contributed by atoms with E-state index in [2.05, 4.69) is 15.9 Å². The average molecular weight is 597 g/mol. The summed E-state index contributed by atoms with van der Waals surface area (Å²) < 4.78 is 10.8. The quantitative estimate of drug-likeness (QED) is 0.142. The number of anilines is 1. The average Bonchev–Trinajstić information content (AvgIpc) is 2.95. The number of ether oxygens (including phenoxy) is 1. The Hall–Kier alpha value is -3.42. The Balaban J connectivity index is 1.64. The van der Waals surface area contributed by atoms with Gasteiger partial charge in [-0.1, -0.05) is 94.3 Å². The zero-order chi connectivity index (χ0) is 26.9. The van der Waals surface area contributed by atoms with Gasteiger partial charge in [-0.25, -0.2) is 4.79 Å². The Labute approximate surface area is 234 Å². The molecular formula is C30H27BrClNO5. The summed E-state index contributed by atoms with van der Waals surface area (Å²) in [4.78, 5) is 40.8. The maximum atomic E-state index is 13.4. The summed E-state index contributed by atoms with van der Waals surface area (Å²) in [5.74, 6) is -0.749. The van der Waals surface area contributed by atoms with Gasteiger partial charge in [-0.05, 0) is 42.5 Å². The van der Waals surface area contributed by atoms with Gasteiger partial charge < -0.3 is 9.15 Å². The number of fused-ring (bicyclic) bond motifs is 1. The van der Waals surface area contributed by atoms with Gasteiger partial charge in [0.25, 0.3) is 0 Å². The predicted octanol–water partition coefficient (Wildman–Crippen LogP) is 6.74. The van der Waals surface area contributed by atoms with Crippen molar-refractivity contribution in [2.75, 3.05) is 16.8 Å². The third-order valence-corrected chi connectivity index (χ3v) is 6.95. The third kappa shape index (κ3) is 6.91. The molecule has 0 radical (unpaired) electrons. The molecular weight excluding hydrogens is 570 g/mol. The van der Waals surface area contributed by atoms with Crippen LogP contribution in [0.5, 0.6) is 5.95 Å². The van der Waals surface area contributed by atoms with Gasteiger partial charge in [-0.3, -0.25) is 14.5 Å². The van der Waals surface area contributed by atoms with Gasteiger partial charge in [0.2, 0.25) is 11.8 Å². The van der Waals surface area contributed by atoms with Crippen molar-refractivity contribution in [2.45, 2.75) is 32.1 Å². The Kier molecular flexibility index (Phi) is 9.73. The van der Waals surface area contributed by atoms with Crippen LogP contribution in [0.25, 0.3) is 10.8 Å². The molecule has 0 N–H and O–H groups in total. The van der Waals surface area contributed by atoms with Crippen LogP contribution in [0.2, 0.25) is 5.02 Å². The molecule has 0 atom stereocenters. The van der Waals surface area contributed by atoms with Crippen LogP contribution in [0.1, 0.15) is 30.4 Å². The molecule has 6 nitrogen and oxygen atoms in total. The second-order valence-electron chi connectivity index (χ2n) is 8.71. The van der Waals surface area contributed by atoms with Gasteiger partial charge in [0.15, 0.2) is 0 Å². The fourth-order valence-corrected chi connectivity index (χ4v) is 4.57. The topological polar surface area (TPSA) is 76.8 Å². The fourth-order valence-electron chi connectivity index (χ4n) is 4.08. The SMILES string of the molecule is O=C(CCc1ccccc1)N(C(=O)CCc1ccccc1)c1ccc2c(Cl)c(OCCCBr)oc(=O)c2c1. The highest BCUT2D eigenvalue weighted by Crippen LogP contribution is 2.33. The first-order valence-electron chi connectivity index (χ1n) is 12.4. The van der Waals surface area contributed by atoms with Crippen LogP contribution in [-0.4, -0.2) is 23.8 Å². The zero-order valence-corrected chi connectivity index (χ0v) is 23.0. The molecule has 196 valence electrons. The second-order valence-corrected chi connectivity index (χ2v) is 9.88. The molecule has 0 fully saturated rings. The van der Waals surface area contributed by atoms with E-state index in [1.165, 1.54) is 11.0 Å². The molecule has 3 aromatic carbocycles. The van der Waals surface area contributed by atoms with E-state index in [1.807, 2.05) is 60.7 Å². The first-order valence-corrected chi connectivity index (χ1v) is 13.9. The molecule has 2 amide bonds. The van der Waals surface area contributed by atoms with E-state index in [0.717, 1.165) is 16.5 Å². The second kappa shape index (κ2) is 13.4. The molecule has 38 heavy (non-hydrogen) atoms. The number of imide groups is 1. The first kappa shape index (κ1) is 27.6. The highest BCUT2D eigenvalue weighted by atomic mass is 79.9. The smallest absolute Gasteiger partial charge is 0.346 e. The molecule has 1 aromatic heterocycles. The summed E-state index contributed by atoms with van der Waals surface area (Å²) in [5, 5.41) is 1.49. The maximum absolute atomic E-state index is 13.4. The van der Waals surface area contributed by atoms with E-state index < -0.39 is 5.63 Å². The van der Waals surface area contributed by atoms with Crippen molar-refractivity contribution in [3.63, 3.8) is 0 Å². The predicted molar refractivity (Wildman–Crippen MR) is 153 cm³/mol. The summed E-state index contributed by atoms with van der Waals surface area (Å²) in [6, 6.07) is 23.9. The maximum Gasteiger partial charge on any atom is 0.346 e. The number of carbonyl (C=O) groups is 2. The van der Waals surface area contributed by atoms with Crippen molar-refractivity contribution in [1.82, 2.24) is 0 Å². The highest BCUT2D eigenvalue weighted by molar-refractivity contribution is 9.09. The van der Waals surface area contributed by atoms with E-state index in [4.69, 9.17) is 20.8 Å². The summed E-state index contributed by atoms with van der Waals surface area (Å²) in [7, 11) is 0. The van der Waals surface area contributed by atoms with Crippen LogP contribution in [0.3, 0.4) is 0 Å². The minimum Gasteiger partial charge on any atom is -0.464 e. The number of halogens is 2. The van der Waals surface area contributed by atoms with E-state index in [1.54, 1.807) is 12.1 Å². The molecule has 0 saturated carbocycles. The van der Waals surface area contributed by atoms with Gasteiger partial charge in [0.05, 0.1) is 17.7 Å². The van der Waals surface area contributed by atoms with Crippen LogP contribution < -0.4 is 15.3 Å². The lowest BCUT2D eigenvalue weighted by Crippen LogP contribution is -2.37. The van der Waals surface area contributed by atoms with Crippen molar-refractivity contribution in [1.29, 1.82) is 0 Å². The van der Waals surface area contributed by atoms with Crippen molar-refractivity contribution >= 4 is 55.8 Å². The first-order chi connectivity index (χ1) is 18.5. The molecule has 0 bridgehead atoms. The Morgan fingerprint density at radius 1 is 0.842 bits per heavy atom. The fraction of sp³-hybridized carbons (Fsp3) is 0.233. The lowest BCUT2D eigenvalue weighted by molar-refractivity contribution is -0.126. The number of nitrogens with zero attached hydrogens (tertiary/aromatic N) is 1. The number of alkyl halides is 1. The van der Waals surface area contributed by atoms with Crippen LogP contribution >= 0.6 is 27.5 Å². The molecule has 0 saturated heterocycles. The number of carbonyl (C=O) groups excluding carboxylic acids is 2. The van der Waals surface area contributed by atoms with Crippen LogP contribution in [0, 0.1) is 0 Å². The Bertz CT molecular complexity index is 1400. The molecule has 0 aliphatic rings. The number of hydrogen-bond acceptors (Lipinski definition) is 5. The van der Waals surface area contributed by atoms with E-state index >= 15 is 0 Å². The number of rotatable bonds is 11. The summed E-state index contributed by atoms with van der Waals surface area (Å²) in [6.45, 7) is 0.330. The molecule has 8 heteroatoms. The molecule has 0 unspecified atom stereocenters. The minimum atomic E-state index is -0.659. The lowest BCUT2D eigenvalue weighted by atomic mass is 10.1. The summed E-state index contributed by atoms with van der Waals surface area (Å²) in [6.07, 6.45) is 1.95. The molecule has 0 spiro atoms. The minimum absolute atomic E-state index is 0.0485. The Morgan fingerprint density at radius 3 is 1.97 bits per heavy atom. The van der Waals surface area contributed by atoms with Gasteiger partial charge in [0.1, 0.15) is 5.02 Å². The largest absolute Gasteiger partial charge is 0.464 e. The Morgan fingerprint density at radius 2 is 1.42 bits per heavy atom. The molecule has 0 aliphatic carbocycles. The van der Waals surface area contributed by atoms with Crippen molar-refractivity contribution in [3.8, 4) is 5.95 Å². The van der Waals surface area contributed by atoms with Crippen LogP contribution in [0.4, 0.5) is 5.69 Å². The number of amides is 2. The monoisotopic (exact) mass is 595 g/mol. The van der Waals surface area contributed by atoms with Gasteiger partial charge >= 0.3 is 11.6 Å². The van der Waals surface area contributed by atoms with Crippen molar-refractivity contribution in [3.05, 3.63) is 105 Å². The molecule has 1 heterocycles. The van der Waals surface area contributed by atoms with Crippen molar-refractivity contribution in [2.24, 2.45) is 0 Å². The molecule has 4 rings (SSSR count). The van der Waals surface area contributed by atoms with E-state index in [0.29, 0.717) is 36.9 Å². The third-order valence-electron chi connectivity index (χ3n) is 6.03. The van der Waals surface area contributed by atoms with E-state index in [9.17, 15) is 14.4 Å². The van der Waals surface area contributed by atoms with Crippen molar-refractivity contribution < 1.29 is 18.7 Å². The van der Waals surface area contributed by atoms with Crippen LogP contribution in [0.15, 0.2) is 88.1 Å². The summed E-state index contributed by atoms with van der Waals surface area (Å²) in [5.41, 5.74) is 1.63. The standard InChI is InChI=1S/C30H27BrClNO5/c31-18-7-19-37-30-28(32)24-15-14-23(20-25(24)29(36)38-30)33(26(34)16-12-21-8-3-1-4-9-21)27(35)17-13-22-10-5-2-6-11-22/h1-6,8-11,14-15,20H,7,12-13,16-19H2. The van der Waals surface area contributed by atoms with Gasteiger partial charge in [-0.15, -0.1) is 0 Å². The van der Waals surface area contributed by atoms with Crippen LogP contribution in [-0.2, 0) is 22.4 Å². The normalized spacial score (nSPS) is 10.9. The zero-order valence-electron chi connectivity index (χ0n) is 20.7. The number of aryl methyl sites for hydroxylation is 2. The van der Waals surface area contributed by atoms with Gasteiger partial charge in [-0.2, -0.15) is 0 Å². The lowest BCUT2D eigenvalue weighted by Gasteiger charge is -2.22. The number of benzene rings is 3. The molecule has 4 aromatic rings. The summed E-state index contributed by atoms with van der Waals surface area (Å²) >= 11 is 9.79. The molecule has 0 aliphatic heterocycles. The van der Waals surface area contributed by atoms with Gasteiger partial charge in [0, 0.05) is 23.6 Å². The number of hydrogen-bond donors (Lipinski definition) is 0. The highest BCUT2D eigenvalue weighted by Gasteiger charge is 2.25.